The van der Waals surface area contributed by atoms with E-state index < -0.39 is 29.6 Å². The second-order valence-electron chi connectivity index (χ2n) is 7.88. The molecule has 1 fully saturated rings. The van der Waals surface area contributed by atoms with Crippen molar-refractivity contribution in [3.63, 3.8) is 0 Å². The van der Waals surface area contributed by atoms with E-state index in [4.69, 9.17) is 9.47 Å². The summed E-state index contributed by atoms with van der Waals surface area (Å²) >= 11 is 0. The maximum atomic E-state index is 12.7. The van der Waals surface area contributed by atoms with Gasteiger partial charge in [-0.25, -0.2) is 14.5 Å². The average molecular weight is 361 g/mol. The quantitative estimate of drug-likeness (QED) is 0.767. The first-order valence-electron chi connectivity index (χ1n) is 8.86. The molecule has 0 bridgehead atoms. The highest BCUT2D eigenvalue weighted by Gasteiger charge is 2.49. The van der Waals surface area contributed by atoms with Gasteiger partial charge in [0.2, 0.25) is 5.91 Å². The van der Waals surface area contributed by atoms with Crippen LogP contribution in [-0.2, 0) is 25.7 Å². The van der Waals surface area contributed by atoms with Crippen LogP contribution in [0.4, 0.5) is 4.79 Å². The standard InChI is InChI=1S/C20H27NO5/c1-13(2)15-11-16(18(23)25-12-14-9-7-6-8-10-14)21(17(15)22)19(24)26-20(3,4)5/h6-10,13,15-16H,11-12H2,1-5H3/t15-,16-/m0/s1. The summed E-state index contributed by atoms with van der Waals surface area (Å²) in [6.07, 6.45) is -0.545. The molecule has 1 aliphatic heterocycles. The van der Waals surface area contributed by atoms with Crippen molar-refractivity contribution >= 4 is 18.0 Å². The molecule has 6 nitrogen and oxygen atoms in total. The first-order valence-corrected chi connectivity index (χ1v) is 8.86. The predicted molar refractivity (Wildman–Crippen MR) is 96.1 cm³/mol. The monoisotopic (exact) mass is 361 g/mol. The Morgan fingerprint density at radius 1 is 1.19 bits per heavy atom. The van der Waals surface area contributed by atoms with E-state index in [9.17, 15) is 14.4 Å². The van der Waals surface area contributed by atoms with Crippen molar-refractivity contribution in [3.05, 3.63) is 35.9 Å². The van der Waals surface area contributed by atoms with Gasteiger partial charge in [0.1, 0.15) is 18.2 Å². The van der Waals surface area contributed by atoms with E-state index in [0.29, 0.717) is 0 Å². The third-order valence-corrected chi connectivity index (χ3v) is 4.23. The van der Waals surface area contributed by atoms with Crippen molar-refractivity contribution in [1.29, 1.82) is 0 Å². The molecule has 26 heavy (non-hydrogen) atoms. The van der Waals surface area contributed by atoms with Crippen molar-refractivity contribution < 1.29 is 23.9 Å². The summed E-state index contributed by atoms with van der Waals surface area (Å²) in [6.45, 7) is 9.04. The molecule has 6 heteroatoms. The van der Waals surface area contributed by atoms with E-state index in [1.54, 1.807) is 20.8 Å². The smallest absolute Gasteiger partial charge is 0.417 e. The minimum absolute atomic E-state index is 0.0133. The molecular formula is C20H27NO5. The molecule has 0 spiro atoms. The van der Waals surface area contributed by atoms with Crippen LogP contribution in [0.1, 0.15) is 46.6 Å². The average Bonchev–Trinajstić information content (AvgIpc) is 2.90. The molecule has 0 aliphatic carbocycles. The molecule has 0 radical (unpaired) electrons. The Bertz CT molecular complexity index is 663. The molecule has 2 rings (SSSR count). The van der Waals surface area contributed by atoms with Gasteiger partial charge in [-0.3, -0.25) is 4.79 Å². The minimum atomic E-state index is -0.950. The largest absolute Gasteiger partial charge is 0.459 e. The normalized spacial score (nSPS) is 20.4. The van der Waals surface area contributed by atoms with Crippen molar-refractivity contribution in [2.24, 2.45) is 11.8 Å². The Balaban J connectivity index is 2.15. The Morgan fingerprint density at radius 2 is 1.81 bits per heavy atom. The molecule has 0 N–H and O–H groups in total. The first kappa shape index (κ1) is 19.9. The number of imide groups is 1. The van der Waals surface area contributed by atoms with Gasteiger partial charge in [-0.2, -0.15) is 0 Å². The van der Waals surface area contributed by atoms with Crippen LogP contribution in [-0.4, -0.2) is 34.5 Å². The van der Waals surface area contributed by atoms with Crippen LogP contribution in [0.3, 0.4) is 0 Å². The van der Waals surface area contributed by atoms with Crippen LogP contribution in [0, 0.1) is 11.8 Å². The van der Waals surface area contributed by atoms with Gasteiger partial charge < -0.3 is 9.47 Å². The van der Waals surface area contributed by atoms with Gasteiger partial charge in [-0.15, -0.1) is 0 Å². The zero-order valence-corrected chi connectivity index (χ0v) is 16.0. The van der Waals surface area contributed by atoms with Crippen LogP contribution in [0.5, 0.6) is 0 Å². The van der Waals surface area contributed by atoms with E-state index in [1.807, 2.05) is 44.2 Å². The number of hydrogen-bond acceptors (Lipinski definition) is 5. The summed E-state index contributed by atoms with van der Waals surface area (Å²) in [5.41, 5.74) is 0.0839. The van der Waals surface area contributed by atoms with E-state index in [1.165, 1.54) is 0 Å². The number of amides is 2. The molecule has 0 saturated carbocycles. The Morgan fingerprint density at radius 3 is 2.35 bits per heavy atom. The summed E-state index contributed by atoms with van der Waals surface area (Å²) in [5.74, 6) is -1.36. The van der Waals surface area contributed by atoms with Crippen LogP contribution < -0.4 is 0 Å². The fourth-order valence-electron chi connectivity index (χ4n) is 2.89. The lowest BCUT2D eigenvalue weighted by Gasteiger charge is -2.26. The molecule has 1 aromatic rings. The number of esters is 1. The minimum Gasteiger partial charge on any atom is -0.459 e. The lowest BCUT2D eigenvalue weighted by molar-refractivity contribution is -0.152. The third kappa shape index (κ3) is 4.84. The zero-order valence-electron chi connectivity index (χ0n) is 16.0. The van der Waals surface area contributed by atoms with E-state index >= 15 is 0 Å². The van der Waals surface area contributed by atoms with Gasteiger partial charge in [-0.05, 0) is 38.7 Å². The molecule has 0 unspecified atom stereocenters. The molecule has 142 valence electrons. The summed E-state index contributed by atoms with van der Waals surface area (Å²) in [6, 6.07) is 8.31. The van der Waals surface area contributed by atoms with E-state index in [0.717, 1.165) is 10.5 Å². The number of likely N-dealkylation sites (tertiary alicyclic amines) is 1. The Hall–Kier alpha value is -2.37. The molecule has 2 amide bonds. The van der Waals surface area contributed by atoms with Crippen molar-refractivity contribution in [2.45, 2.75) is 59.3 Å². The zero-order chi connectivity index (χ0) is 19.5. The van der Waals surface area contributed by atoms with Gasteiger partial charge in [0.25, 0.3) is 0 Å². The molecule has 1 aliphatic rings. The summed E-state index contributed by atoms with van der Waals surface area (Å²) in [5, 5.41) is 0. The molecular weight excluding hydrogens is 334 g/mol. The summed E-state index contributed by atoms with van der Waals surface area (Å²) in [7, 11) is 0. The lowest BCUT2D eigenvalue weighted by atomic mass is 9.93. The number of hydrogen-bond donors (Lipinski definition) is 0. The fourth-order valence-corrected chi connectivity index (χ4v) is 2.89. The number of rotatable bonds is 4. The fraction of sp³-hybridized carbons (Fsp3) is 0.550. The lowest BCUT2D eigenvalue weighted by Crippen LogP contribution is -2.46. The highest BCUT2D eigenvalue weighted by atomic mass is 16.6. The maximum absolute atomic E-state index is 12.7. The molecule has 0 aromatic heterocycles. The first-order chi connectivity index (χ1) is 12.1. The van der Waals surface area contributed by atoms with Gasteiger partial charge in [0, 0.05) is 5.92 Å². The summed E-state index contributed by atoms with van der Waals surface area (Å²) < 4.78 is 10.7. The number of carbonyl (C=O) groups excluding carboxylic acids is 3. The summed E-state index contributed by atoms with van der Waals surface area (Å²) in [4.78, 5) is 38.7. The second-order valence-corrected chi connectivity index (χ2v) is 7.88. The number of nitrogens with zero attached hydrogens (tertiary/aromatic N) is 1. The van der Waals surface area contributed by atoms with Crippen LogP contribution in [0.25, 0.3) is 0 Å². The van der Waals surface area contributed by atoms with Crippen LogP contribution >= 0.6 is 0 Å². The van der Waals surface area contributed by atoms with Gasteiger partial charge in [0.05, 0.1) is 0 Å². The van der Waals surface area contributed by atoms with Crippen molar-refractivity contribution in [2.75, 3.05) is 0 Å². The predicted octanol–water partition coefficient (Wildman–Crippen LogP) is 3.54. The Labute approximate surface area is 154 Å². The molecule has 1 saturated heterocycles. The Kier molecular flexibility index (Phi) is 6.05. The third-order valence-electron chi connectivity index (χ3n) is 4.23. The highest BCUT2D eigenvalue weighted by Crippen LogP contribution is 2.32. The number of carbonyl (C=O) groups is 3. The van der Waals surface area contributed by atoms with Crippen molar-refractivity contribution in [1.82, 2.24) is 4.90 Å². The maximum Gasteiger partial charge on any atom is 0.417 e. The number of benzene rings is 1. The van der Waals surface area contributed by atoms with E-state index in [2.05, 4.69) is 0 Å². The van der Waals surface area contributed by atoms with Crippen molar-refractivity contribution in [3.8, 4) is 0 Å². The van der Waals surface area contributed by atoms with E-state index in [-0.39, 0.29) is 24.9 Å². The SMILES string of the molecule is CC(C)[C@@H]1C[C@@H](C(=O)OCc2ccccc2)N(C(=O)OC(C)(C)C)C1=O. The second kappa shape index (κ2) is 7.89. The highest BCUT2D eigenvalue weighted by molar-refractivity contribution is 6.00. The number of ether oxygens (including phenoxy) is 2. The molecule has 1 aromatic carbocycles. The molecule has 2 atom stereocenters. The molecule has 1 heterocycles. The van der Waals surface area contributed by atoms with Gasteiger partial charge in [0.15, 0.2) is 0 Å². The van der Waals surface area contributed by atoms with Gasteiger partial charge in [-0.1, -0.05) is 44.2 Å². The van der Waals surface area contributed by atoms with Crippen LogP contribution in [0.2, 0.25) is 0 Å². The van der Waals surface area contributed by atoms with Crippen LogP contribution in [0.15, 0.2) is 30.3 Å². The van der Waals surface area contributed by atoms with Gasteiger partial charge >= 0.3 is 12.1 Å². The topological polar surface area (TPSA) is 72.9 Å².